The van der Waals surface area contributed by atoms with Gasteiger partial charge < -0.3 is 10.5 Å². The summed E-state index contributed by atoms with van der Waals surface area (Å²) in [6.07, 6.45) is 6.46. The number of hydrogen-bond acceptors (Lipinski definition) is 3. The highest BCUT2D eigenvalue weighted by atomic mass is 16.5. The van der Waals surface area contributed by atoms with Crippen LogP contribution in [-0.2, 0) is 6.42 Å². The van der Waals surface area contributed by atoms with Gasteiger partial charge in [-0.25, -0.2) is 0 Å². The van der Waals surface area contributed by atoms with Crippen LogP contribution in [0.1, 0.15) is 31.2 Å². The van der Waals surface area contributed by atoms with Crippen molar-refractivity contribution in [3.63, 3.8) is 0 Å². The van der Waals surface area contributed by atoms with Gasteiger partial charge in [0.2, 0.25) is 0 Å². The van der Waals surface area contributed by atoms with Crippen LogP contribution in [0.5, 0.6) is 5.75 Å². The molecule has 2 unspecified atom stereocenters. The minimum Gasteiger partial charge on any atom is -0.497 e. The lowest BCUT2D eigenvalue weighted by molar-refractivity contribution is 0.0669. The maximum atomic E-state index is 6.27. The summed E-state index contributed by atoms with van der Waals surface area (Å²) < 4.78 is 5.22. The van der Waals surface area contributed by atoms with Crippen molar-refractivity contribution in [3.05, 3.63) is 29.8 Å². The number of ether oxygens (including phenoxy) is 1. The topological polar surface area (TPSA) is 38.5 Å². The number of likely N-dealkylation sites (tertiary alicyclic amines) is 1. The van der Waals surface area contributed by atoms with Crippen LogP contribution < -0.4 is 10.5 Å². The minimum absolute atomic E-state index is 0.354. The summed E-state index contributed by atoms with van der Waals surface area (Å²) in [5, 5.41) is 0. The van der Waals surface area contributed by atoms with Gasteiger partial charge >= 0.3 is 0 Å². The lowest BCUT2D eigenvalue weighted by Crippen LogP contribution is -2.53. The fourth-order valence-corrected chi connectivity index (χ4v) is 3.58. The summed E-state index contributed by atoms with van der Waals surface area (Å²) in [7, 11) is 1.71. The molecular weight excluding hydrogens is 248 g/mol. The third kappa shape index (κ3) is 3.15. The number of nitrogens with two attached hydrogens (primary N) is 1. The molecule has 1 heterocycles. The lowest BCUT2D eigenvalue weighted by Gasteiger charge is -2.44. The van der Waals surface area contributed by atoms with E-state index in [-0.39, 0.29) is 0 Å². The fourth-order valence-electron chi connectivity index (χ4n) is 3.58. The van der Waals surface area contributed by atoms with Gasteiger partial charge in [0.15, 0.2) is 0 Å². The smallest absolute Gasteiger partial charge is 0.118 e. The SMILES string of the molecule is COc1ccc(CC2CC(N)CN(C3CCC3)C2)cc1. The first kappa shape index (κ1) is 13.9. The Kier molecular flexibility index (Phi) is 4.27. The van der Waals surface area contributed by atoms with Gasteiger partial charge in [-0.15, -0.1) is 0 Å². The molecule has 0 bridgehead atoms. The Morgan fingerprint density at radius 1 is 1.20 bits per heavy atom. The molecule has 20 heavy (non-hydrogen) atoms. The van der Waals surface area contributed by atoms with Crippen LogP contribution in [0.3, 0.4) is 0 Å². The molecule has 1 aromatic rings. The standard InChI is InChI=1S/C17H26N2O/c1-20-17-7-5-13(6-8-17)9-14-10-15(18)12-19(11-14)16-3-2-4-16/h5-8,14-16H,2-4,9-12,18H2,1H3. The van der Waals surface area contributed by atoms with E-state index in [2.05, 4.69) is 29.2 Å². The second kappa shape index (κ2) is 6.15. The van der Waals surface area contributed by atoms with Crippen molar-refractivity contribution in [3.8, 4) is 5.75 Å². The van der Waals surface area contributed by atoms with Gasteiger partial charge in [-0.1, -0.05) is 18.6 Å². The number of hydrogen-bond donors (Lipinski definition) is 1. The largest absolute Gasteiger partial charge is 0.497 e. The van der Waals surface area contributed by atoms with Crippen molar-refractivity contribution in [1.29, 1.82) is 0 Å². The van der Waals surface area contributed by atoms with Crippen LogP contribution in [0.2, 0.25) is 0 Å². The molecule has 0 aromatic heterocycles. The number of benzene rings is 1. The molecule has 1 saturated heterocycles. The third-order valence-corrected chi connectivity index (χ3v) is 4.87. The highest BCUT2D eigenvalue weighted by Crippen LogP contribution is 2.30. The Labute approximate surface area is 122 Å². The van der Waals surface area contributed by atoms with Crippen molar-refractivity contribution in [1.82, 2.24) is 4.90 Å². The van der Waals surface area contributed by atoms with Crippen LogP contribution in [0.4, 0.5) is 0 Å². The average Bonchev–Trinajstić information content (AvgIpc) is 2.37. The lowest BCUT2D eigenvalue weighted by atomic mass is 9.84. The molecule has 2 N–H and O–H groups in total. The Morgan fingerprint density at radius 2 is 1.95 bits per heavy atom. The summed E-state index contributed by atoms with van der Waals surface area (Å²) in [6, 6.07) is 9.66. The first-order chi connectivity index (χ1) is 9.74. The quantitative estimate of drug-likeness (QED) is 0.916. The van der Waals surface area contributed by atoms with E-state index in [0.29, 0.717) is 12.0 Å². The monoisotopic (exact) mass is 274 g/mol. The predicted octanol–water partition coefficient (Wildman–Crippen LogP) is 2.44. The van der Waals surface area contributed by atoms with Crippen molar-refractivity contribution in [2.24, 2.45) is 11.7 Å². The molecule has 0 amide bonds. The number of piperidine rings is 1. The Bertz CT molecular complexity index is 427. The van der Waals surface area contributed by atoms with Crippen molar-refractivity contribution >= 4 is 0 Å². The average molecular weight is 274 g/mol. The van der Waals surface area contributed by atoms with Crippen LogP contribution in [0.15, 0.2) is 24.3 Å². The Morgan fingerprint density at radius 3 is 2.55 bits per heavy atom. The maximum absolute atomic E-state index is 6.27. The van der Waals surface area contributed by atoms with Crippen molar-refractivity contribution in [2.45, 2.75) is 44.2 Å². The summed E-state index contributed by atoms with van der Waals surface area (Å²) in [5.41, 5.74) is 7.67. The molecular formula is C17H26N2O. The normalized spacial score (nSPS) is 28.1. The predicted molar refractivity (Wildman–Crippen MR) is 82.0 cm³/mol. The van der Waals surface area contributed by atoms with E-state index >= 15 is 0 Å². The van der Waals surface area contributed by atoms with E-state index in [1.165, 1.54) is 31.4 Å². The third-order valence-electron chi connectivity index (χ3n) is 4.87. The molecule has 0 radical (unpaired) electrons. The molecule has 1 aliphatic carbocycles. The van der Waals surface area contributed by atoms with E-state index in [1.54, 1.807) is 7.11 Å². The highest BCUT2D eigenvalue weighted by Gasteiger charge is 2.32. The zero-order valence-electron chi connectivity index (χ0n) is 12.4. The number of nitrogens with zero attached hydrogens (tertiary/aromatic N) is 1. The molecule has 110 valence electrons. The molecule has 2 fully saturated rings. The molecule has 0 spiro atoms. The maximum Gasteiger partial charge on any atom is 0.118 e. The van der Waals surface area contributed by atoms with Gasteiger partial charge in [0, 0.05) is 25.2 Å². The molecule has 3 heteroatoms. The van der Waals surface area contributed by atoms with Crippen LogP contribution >= 0.6 is 0 Å². The molecule has 3 nitrogen and oxygen atoms in total. The fraction of sp³-hybridized carbons (Fsp3) is 0.647. The molecule has 1 saturated carbocycles. The summed E-state index contributed by atoms with van der Waals surface area (Å²) in [5.74, 6) is 1.64. The van der Waals surface area contributed by atoms with Crippen molar-refractivity contribution < 1.29 is 4.74 Å². The Hall–Kier alpha value is -1.06. The van der Waals surface area contributed by atoms with Crippen LogP contribution in [0, 0.1) is 5.92 Å². The van der Waals surface area contributed by atoms with Crippen molar-refractivity contribution in [2.75, 3.05) is 20.2 Å². The second-order valence-corrected chi connectivity index (χ2v) is 6.45. The molecule has 2 atom stereocenters. The minimum atomic E-state index is 0.354. The first-order valence-corrected chi connectivity index (χ1v) is 7.87. The van der Waals surface area contributed by atoms with Crippen LogP contribution in [-0.4, -0.2) is 37.2 Å². The van der Waals surface area contributed by atoms with Gasteiger partial charge in [0.25, 0.3) is 0 Å². The van der Waals surface area contributed by atoms with Gasteiger partial charge in [0.1, 0.15) is 5.75 Å². The molecule has 1 aliphatic heterocycles. The van der Waals surface area contributed by atoms with Crippen LogP contribution in [0.25, 0.3) is 0 Å². The van der Waals surface area contributed by atoms with E-state index in [1.807, 2.05) is 0 Å². The molecule has 3 rings (SSSR count). The zero-order chi connectivity index (χ0) is 13.9. The Balaban J connectivity index is 1.60. The zero-order valence-corrected chi connectivity index (χ0v) is 12.4. The summed E-state index contributed by atoms with van der Waals surface area (Å²) in [6.45, 7) is 2.33. The van der Waals surface area contributed by atoms with Gasteiger partial charge in [-0.3, -0.25) is 4.90 Å². The van der Waals surface area contributed by atoms with Gasteiger partial charge in [-0.05, 0) is 49.3 Å². The number of methoxy groups -OCH3 is 1. The first-order valence-electron chi connectivity index (χ1n) is 7.87. The van der Waals surface area contributed by atoms with E-state index in [0.717, 1.165) is 31.2 Å². The van der Waals surface area contributed by atoms with E-state index in [4.69, 9.17) is 10.5 Å². The summed E-state index contributed by atoms with van der Waals surface area (Å²) in [4.78, 5) is 2.64. The summed E-state index contributed by atoms with van der Waals surface area (Å²) >= 11 is 0. The molecule has 1 aromatic carbocycles. The van der Waals surface area contributed by atoms with E-state index in [9.17, 15) is 0 Å². The van der Waals surface area contributed by atoms with Gasteiger partial charge in [-0.2, -0.15) is 0 Å². The van der Waals surface area contributed by atoms with Gasteiger partial charge in [0.05, 0.1) is 7.11 Å². The second-order valence-electron chi connectivity index (χ2n) is 6.45. The number of rotatable bonds is 4. The molecule has 2 aliphatic rings. The highest BCUT2D eigenvalue weighted by molar-refractivity contribution is 5.27. The van der Waals surface area contributed by atoms with E-state index < -0.39 is 0 Å².